The van der Waals surface area contributed by atoms with Gasteiger partial charge in [-0.15, -0.1) is 0 Å². The molecule has 1 amide bonds. The van der Waals surface area contributed by atoms with Crippen molar-refractivity contribution in [3.05, 3.63) is 65.9 Å². The number of aromatic amines is 1. The Morgan fingerprint density at radius 1 is 1.12 bits per heavy atom. The van der Waals surface area contributed by atoms with Gasteiger partial charge in [-0.3, -0.25) is 9.89 Å². The largest absolute Gasteiger partial charge is 0.493 e. The predicted molar refractivity (Wildman–Crippen MR) is 99.4 cm³/mol. The Morgan fingerprint density at radius 2 is 1.92 bits per heavy atom. The fraction of sp³-hybridized carbons (Fsp3) is 0.200. The number of hydrogen-bond acceptors (Lipinski definition) is 4. The second-order valence-electron chi connectivity index (χ2n) is 5.65. The van der Waals surface area contributed by atoms with E-state index in [2.05, 4.69) is 15.5 Å². The van der Waals surface area contributed by atoms with Crippen LogP contribution in [0.3, 0.4) is 0 Å². The molecule has 2 aromatic carbocycles. The smallest absolute Gasteiger partial charge is 0.251 e. The standard InChI is InChI=1S/C20H21N3O3/c1-3-26-18-9-8-16(12-19(18)25-2)20(24)21-13-14-4-6-15(7-5-14)17-10-11-22-23-17/h4-12H,3,13H2,1-2H3,(H,21,24)(H,22,23). The molecule has 26 heavy (non-hydrogen) atoms. The molecule has 3 aromatic rings. The normalized spacial score (nSPS) is 10.4. The molecule has 0 unspecified atom stereocenters. The Morgan fingerprint density at radius 3 is 2.58 bits per heavy atom. The SMILES string of the molecule is CCOc1ccc(C(=O)NCc2ccc(-c3ccn[nH]3)cc2)cc1OC. The molecule has 134 valence electrons. The lowest BCUT2D eigenvalue weighted by Crippen LogP contribution is -2.22. The molecule has 3 rings (SSSR count). The average molecular weight is 351 g/mol. The molecule has 1 aromatic heterocycles. The first-order valence-electron chi connectivity index (χ1n) is 8.39. The zero-order valence-corrected chi connectivity index (χ0v) is 14.8. The van der Waals surface area contributed by atoms with Gasteiger partial charge in [-0.25, -0.2) is 0 Å². The molecular weight excluding hydrogens is 330 g/mol. The van der Waals surface area contributed by atoms with Gasteiger partial charge >= 0.3 is 0 Å². The monoisotopic (exact) mass is 351 g/mol. The van der Waals surface area contributed by atoms with Crippen molar-refractivity contribution in [3.63, 3.8) is 0 Å². The summed E-state index contributed by atoms with van der Waals surface area (Å²) in [7, 11) is 1.56. The predicted octanol–water partition coefficient (Wildman–Crippen LogP) is 3.41. The lowest BCUT2D eigenvalue weighted by molar-refractivity contribution is 0.0950. The van der Waals surface area contributed by atoms with E-state index in [1.807, 2.05) is 37.3 Å². The highest BCUT2D eigenvalue weighted by atomic mass is 16.5. The second kappa shape index (κ2) is 8.20. The maximum Gasteiger partial charge on any atom is 0.251 e. The number of ether oxygens (including phenoxy) is 2. The number of amides is 1. The van der Waals surface area contributed by atoms with Gasteiger partial charge in [-0.05, 0) is 42.3 Å². The number of H-pyrrole nitrogens is 1. The lowest BCUT2D eigenvalue weighted by atomic mass is 10.1. The highest BCUT2D eigenvalue weighted by molar-refractivity contribution is 5.94. The Balaban J connectivity index is 1.63. The number of hydrogen-bond donors (Lipinski definition) is 2. The first-order valence-corrected chi connectivity index (χ1v) is 8.39. The number of benzene rings is 2. The van der Waals surface area contributed by atoms with E-state index in [9.17, 15) is 4.79 Å². The van der Waals surface area contributed by atoms with Gasteiger partial charge in [0.05, 0.1) is 19.4 Å². The van der Waals surface area contributed by atoms with Gasteiger partial charge in [0, 0.05) is 18.3 Å². The van der Waals surface area contributed by atoms with Crippen LogP contribution in [0.25, 0.3) is 11.3 Å². The quantitative estimate of drug-likeness (QED) is 0.684. The van der Waals surface area contributed by atoms with Crippen LogP contribution in [-0.4, -0.2) is 29.8 Å². The third-order valence-corrected chi connectivity index (χ3v) is 3.94. The van der Waals surface area contributed by atoms with Gasteiger partial charge in [0.15, 0.2) is 11.5 Å². The van der Waals surface area contributed by atoms with Crippen LogP contribution in [-0.2, 0) is 6.54 Å². The molecule has 0 radical (unpaired) electrons. The van der Waals surface area contributed by atoms with Crippen LogP contribution in [0.5, 0.6) is 11.5 Å². The van der Waals surface area contributed by atoms with Gasteiger partial charge in [-0.1, -0.05) is 24.3 Å². The van der Waals surface area contributed by atoms with E-state index in [1.54, 1.807) is 31.5 Å². The summed E-state index contributed by atoms with van der Waals surface area (Å²) in [6.07, 6.45) is 1.72. The van der Waals surface area contributed by atoms with Crippen molar-refractivity contribution in [1.82, 2.24) is 15.5 Å². The average Bonchev–Trinajstić information content (AvgIpc) is 3.22. The summed E-state index contributed by atoms with van der Waals surface area (Å²) in [4.78, 5) is 12.4. The highest BCUT2D eigenvalue weighted by Crippen LogP contribution is 2.28. The summed E-state index contributed by atoms with van der Waals surface area (Å²) in [6, 6.07) is 15.0. The summed E-state index contributed by atoms with van der Waals surface area (Å²) in [5.74, 6) is 1.01. The van der Waals surface area contributed by atoms with E-state index in [1.165, 1.54) is 0 Å². The molecule has 1 heterocycles. The van der Waals surface area contributed by atoms with E-state index in [0.29, 0.717) is 30.2 Å². The van der Waals surface area contributed by atoms with Crippen LogP contribution in [0, 0.1) is 0 Å². The van der Waals surface area contributed by atoms with Crippen molar-refractivity contribution in [3.8, 4) is 22.8 Å². The molecule has 6 heteroatoms. The Kier molecular flexibility index (Phi) is 5.53. The summed E-state index contributed by atoms with van der Waals surface area (Å²) in [6.45, 7) is 2.88. The van der Waals surface area contributed by atoms with Crippen molar-refractivity contribution in [1.29, 1.82) is 0 Å². The Labute approximate surface area is 152 Å². The first-order chi connectivity index (χ1) is 12.7. The zero-order valence-electron chi connectivity index (χ0n) is 14.8. The molecule has 0 aliphatic rings. The van der Waals surface area contributed by atoms with Crippen LogP contribution in [0.2, 0.25) is 0 Å². The summed E-state index contributed by atoms with van der Waals surface area (Å²) >= 11 is 0. The van der Waals surface area contributed by atoms with E-state index >= 15 is 0 Å². The van der Waals surface area contributed by atoms with E-state index in [4.69, 9.17) is 9.47 Å². The molecule has 2 N–H and O–H groups in total. The number of aromatic nitrogens is 2. The van der Waals surface area contributed by atoms with E-state index in [0.717, 1.165) is 16.8 Å². The lowest BCUT2D eigenvalue weighted by Gasteiger charge is -2.11. The van der Waals surface area contributed by atoms with Crippen molar-refractivity contribution < 1.29 is 14.3 Å². The zero-order chi connectivity index (χ0) is 18.4. The fourth-order valence-electron chi connectivity index (χ4n) is 2.59. The van der Waals surface area contributed by atoms with Crippen molar-refractivity contribution in [2.24, 2.45) is 0 Å². The number of nitrogens with zero attached hydrogens (tertiary/aromatic N) is 1. The Hall–Kier alpha value is -3.28. The molecule has 0 aliphatic carbocycles. The summed E-state index contributed by atoms with van der Waals surface area (Å²) in [5, 5.41) is 9.79. The van der Waals surface area contributed by atoms with Crippen LogP contribution in [0.1, 0.15) is 22.8 Å². The van der Waals surface area contributed by atoms with Crippen molar-refractivity contribution >= 4 is 5.91 Å². The molecule has 0 saturated heterocycles. The first kappa shape index (κ1) is 17.5. The Bertz CT molecular complexity index is 859. The van der Waals surface area contributed by atoms with Gasteiger partial charge in [0.1, 0.15) is 0 Å². The second-order valence-corrected chi connectivity index (χ2v) is 5.65. The highest BCUT2D eigenvalue weighted by Gasteiger charge is 2.11. The third-order valence-electron chi connectivity index (χ3n) is 3.94. The third kappa shape index (κ3) is 4.03. The van der Waals surface area contributed by atoms with Crippen LogP contribution < -0.4 is 14.8 Å². The molecule has 0 spiro atoms. The molecule has 0 saturated carbocycles. The van der Waals surface area contributed by atoms with Crippen molar-refractivity contribution in [2.75, 3.05) is 13.7 Å². The van der Waals surface area contributed by atoms with Gasteiger partial charge in [0.25, 0.3) is 5.91 Å². The number of methoxy groups -OCH3 is 1. The minimum atomic E-state index is -0.163. The maximum absolute atomic E-state index is 12.4. The van der Waals surface area contributed by atoms with Gasteiger partial charge < -0.3 is 14.8 Å². The molecule has 0 aliphatic heterocycles. The maximum atomic E-state index is 12.4. The minimum Gasteiger partial charge on any atom is -0.493 e. The molecule has 0 fully saturated rings. The van der Waals surface area contributed by atoms with Crippen LogP contribution in [0.15, 0.2) is 54.7 Å². The van der Waals surface area contributed by atoms with Gasteiger partial charge in [0.2, 0.25) is 0 Å². The summed E-state index contributed by atoms with van der Waals surface area (Å²) in [5.41, 5.74) is 3.55. The van der Waals surface area contributed by atoms with Gasteiger partial charge in [-0.2, -0.15) is 5.10 Å². The molecule has 0 atom stereocenters. The molecule has 6 nitrogen and oxygen atoms in total. The van der Waals surface area contributed by atoms with Crippen LogP contribution >= 0.6 is 0 Å². The van der Waals surface area contributed by atoms with E-state index < -0.39 is 0 Å². The van der Waals surface area contributed by atoms with E-state index in [-0.39, 0.29) is 5.91 Å². The number of nitrogens with one attached hydrogen (secondary N) is 2. The number of rotatable bonds is 7. The number of carbonyl (C=O) groups excluding carboxylic acids is 1. The summed E-state index contributed by atoms with van der Waals surface area (Å²) < 4.78 is 10.8. The number of carbonyl (C=O) groups is 1. The minimum absolute atomic E-state index is 0.163. The van der Waals surface area contributed by atoms with Crippen LogP contribution in [0.4, 0.5) is 0 Å². The van der Waals surface area contributed by atoms with Crippen molar-refractivity contribution in [2.45, 2.75) is 13.5 Å². The topological polar surface area (TPSA) is 76.2 Å². The molecule has 0 bridgehead atoms. The fourth-order valence-corrected chi connectivity index (χ4v) is 2.59. The molecular formula is C20H21N3O3.